The van der Waals surface area contributed by atoms with Gasteiger partial charge in [0.05, 0.1) is 12.1 Å². The van der Waals surface area contributed by atoms with Crippen LogP contribution in [0.2, 0.25) is 0 Å². The Kier molecular flexibility index (Phi) is 3.41. The number of thiazole rings is 1. The predicted octanol–water partition coefficient (Wildman–Crippen LogP) is 2.62. The van der Waals surface area contributed by atoms with Crippen LogP contribution in [0.5, 0.6) is 0 Å². The Hall–Kier alpha value is -0.130. The standard InChI is InChI=1S/C9H13BrN2OS/c10-8-5-14-9(12-8)11-6-3-1-2-4-7(6)13/h5-7,13H,1-4H2,(H,11,12). The lowest BCUT2D eigenvalue weighted by Gasteiger charge is -2.27. The summed E-state index contributed by atoms with van der Waals surface area (Å²) in [7, 11) is 0. The third kappa shape index (κ3) is 2.46. The molecule has 0 bridgehead atoms. The average Bonchev–Trinajstić information content (AvgIpc) is 2.56. The van der Waals surface area contributed by atoms with E-state index in [0.29, 0.717) is 0 Å². The number of hydrogen-bond acceptors (Lipinski definition) is 4. The van der Waals surface area contributed by atoms with E-state index in [2.05, 4.69) is 26.2 Å². The van der Waals surface area contributed by atoms with Gasteiger partial charge in [-0.15, -0.1) is 11.3 Å². The summed E-state index contributed by atoms with van der Waals surface area (Å²) < 4.78 is 0.857. The number of halogens is 1. The highest BCUT2D eigenvalue weighted by Gasteiger charge is 2.23. The molecule has 1 saturated carbocycles. The molecule has 0 amide bonds. The molecular formula is C9H13BrN2OS. The van der Waals surface area contributed by atoms with E-state index < -0.39 is 0 Å². The van der Waals surface area contributed by atoms with Crippen LogP contribution in [0, 0.1) is 0 Å². The van der Waals surface area contributed by atoms with Crippen LogP contribution >= 0.6 is 27.3 Å². The first-order valence-corrected chi connectivity index (χ1v) is 6.48. The van der Waals surface area contributed by atoms with Crippen LogP contribution in [0.15, 0.2) is 9.98 Å². The zero-order valence-electron chi connectivity index (χ0n) is 7.74. The van der Waals surface area contributed by atoms with Crippen LogP contribution in [0.3, 0.4) is 0 Å². The third-order valence-electron chi connectivity index (χ3n) is 2.51. The molecule has 2 atom stereocenters. The number of hydrogen-bond donors (Lipinski definition) is 2. The van der Waals surface area contributed by atoms with Crippen LogP contribution < -0.4 is 5.32 Å². The van der Waals surface area contributed by atoms with Crippen LogP contribution in [0.1, 0.15) is 25.7 Å². The molecule has 1 aliphatic rings. The van der Waals surface area contributed by atoms with Crippen molar-refractivity contribution < 1.29 is 5.11 Å². The molecule has 1 heterocycles. The van der Waals surface area contributed by atoms with E-state index in [9.17, 15) is 5.11 Å². The van der Waals surface area contributed by atoms with E-state index >= 15 is 0 Å². The fraction of sp³-hybridized carbons (Fsp3) is 0.667. The van der Waals surface area contributed by atoms with E-state index in [1.807, 2.05) is 5.38 Å². The molecule has 0 radical (unpaired) electrons. The second-order valence-corrected chi connectivity index (χ2v) is 5.25. The predicted molar refractivity (Wildman–Crippen MR) is 61.7 cm³/mol. The van der Waals surface area contributed by atoms with E-state index in [4.69, 9.17) is 0 Å². The van der Waals surface area contributed by atoms with Crippen molar-refractivity contribution in [1.29, 1.82) is 0 Å². The Bertz CT molecular complexity index is 305. The number of nitrogens with zero attached hydrogens (tertiary/aromatic N) is 1. The minimum absolute atomic E-state index is 0.182. The number of aromatic nitrogens is 1. The molecule has 2 rings (SSSR count). The molecule has 0 saturated heterocycles. The summed E-state index contributed by atoms with van der Waals surface area (Å²) >= 11 is 4.87. The lowest BCUT2D eigenvalue weighted by molar-refractivity contribution is 0.116. The van der Waals surface area contributed by atoms with Crippen molar-refractivity contribution >= 4 is 32.4 Å². The molecule has 0 aromatic carbocycles. The van der Waals surface area contributed by atoms with Gasteiger partial charge in [-0.3, -0.25) is 0 Å². The highest BCUT2D eigenvalue weighted by Crippen LogP contribution is 2.25. The Labute approximate surface area is 95.7 Å². The van der Waals surface area contributed by atoms with Crippen molar-refractivity contribution in [3.8, 4) is 0 Å². The first-order valence-electron chi connectivity index (χ1n) is 4.81. The normalized spacial score (nSPS) is 27.6. The Morgan fingerprint density at radius 2 is 2.29 bits per heavy atom. The minimum Gasteiger partial charge on any atom is -0.391 e. The first kappa shape index (κ1) is 10.4. The van der Waals surface area contributed by atoms with Gasteiger partial charge in [-0.1, -0.05) is 12.8 Å². The van der Waals surface area contributed by atoms with E-state index in [0.717, 1.165) is 29.0 Å². The molecule has 2 unspecified atom stereocenters. The van der Waals surface area contributed by atoms with Gasteiger partial charge in [0.15, 0.2) is 5.13 Å². The monoisotopic (exact) mass is 276 g/mol. The highest BCUT2D eigenvalue weighted by molar-refractivity contribution is 9.10. The molecule has 1 aromatic rings. The molecule has 78 valence electrons. The summed E-state index contributed by atoms with van der Waals surface area (Å²) in [5.41, 5.74) is 0. The summed E-state index contributed by atoms with van der Waals surface area (Å²) in [5.74, 6) is 0. The molecule has 0 aliphatic heterocycles. The van der Waals surface area contributed by atoms with Gasteiger partial charge in [-0.05, 0) is 28.8 Å². The quantitative estimate of drug-likeness (QED) is 0.873. The second kappa shape index (κ2) is 4.59. The van der Waals surface area contributed by atoms with Crippen molar-refractivity contribution in [3.63, 3.8) is 0 Å². The van der Waals surface area contributed by atoms with E-state index in [-0.39, 0.29) is 12.1 Å². The van der Waals surface area contributed by atoms with Crippen LogP contribution in [0.4, 0.5) is 5.13 Å². The fourth-order valence-corrected chi connectivity index (χ4v) is 2.97. The third-order valence-corrected chi connectivity index (χ3v) is 4.00. The number of rotatable bonds is 2. The van der Waals surface area contributed by atoms with Crippen molar-refractivity contribution in [2.75, 3.05) is 5.32 Å². The van der Waals surface area contributed by atoms with Gasteiger partial charge in [0.25, 0.3) is 0 Å². The maximum atomic E-state index is 9.74. The molecule has 3 nitrogen and oxygen atoms in total. The Morgan fingerprint density at radius 3 is 2.93 bits per heavy atom. The van der Waals surface area contributed by atoms with Crippen molar-refractivity contribution in [2.24, 2.45) is 0 Å². The average molecular weight is 277 g/mol. The molecule has 1 aromatic heterocycles. The molecule has 0 spiro atoms. The van der Waals surface area contributed by atoms with Gasteiger partial charge in [-0.25, -0.2) is 4.98 Å². The van der Waals surface area contributed by atoms with Crippen LogP contribution in [-0.2, 0) is 0 Å². The summed E-state index contributed by atoms with van der Waals surface area (Å²) in [6.07, 6.45) is 4.07. The highest BCUT2D eigenvalue weighted by atomic mass is 79.9. The zero-order valence-corrected chi connectivity index (χ0v) is 10.1. The topological polar surface area (TPSA) is 45.1 Å². The summed E-state index contributed by atoms with van der Waals surface area (Å²) in [5, 5.41) is 15.9. The maximum Gasteiger partial charge on any atom is 0.184 e. The fourth-order valence-electron chi connectivity index (χ4n) is 1.76. The van der Waals surface area contributed by atoms with Crippen molar-refractivity contribution in [3.05, 3.63) is 9.98 Å². The minimum atomic E-state index is -0.216. The number of aliphatic hydroxyl groups excluding tert-OH is 1. The molecule has 5 heteroatoms. The van der Waals surface area contributed by atoms with Gasteiger partial charge < -0.3 is 10.4 Å². The summed E-state index contributed by atoms with van der Waals surface area (Å²) in [4.78, 5) is 4.25. The lowest BCUT2D eigenvalue weighted by Crippen LogP contribution is -2.36. The second-order valence-electron chi connectivity index (χ2n) is 3.58. The van der Waals surface area contributed by atoms with Crippen LogP contribution in [-0.4, -0.2) is 22.2 Å². The van der Waals surface area contributed by atoms with Crippen molar-refractivity contribution in [2.45, 2.75) is 37.8 Å². The molecule has 1 fully saturated rings. The smallest absolute Gasteiger partial charge is 0.184 e. The number of nitrogens with one attached hydrogen (secondary N) is 1. The van der Waals surface area contributed by atoms with E-state index in [1.165, 1.54) is 6.42 Å². The molecule has 2 N–H and O–H groups in total. The summed E-state index contributed by atoms with van der Waals surface area (Å²) in [6, 6.07) is 0.182. The van der Waals surface area contributed by atoms with Gasteiger partial charge in [-0.2, -0.15) is 0 Å². The maximum absolute atomic E-state index is 9.74. The molecule has 14 heavy (non-hydrogen) atoms. The number of anilines is 1. The Balaban J connectivity index is 1.95. The SMILES string of the molecule is OC1CCCCC1Nc1nc(Br)cs1. The molecule has 1 aliphatic carbocycles. The van der Waals surface area contributed by atoms with Gasteiger partial charge in [0.2, 0.25) is 0 Å². The van der Waals surface area contributed by atoms with Gasteiger partial charge in [0.1, 0.15) is 4.60 Å². The van der Waals surface area contributed by atoms with E-state index in [1.54, 1.807) is 11.3 Å². The van der Waals surface area contributed by atoms with Crippen molar-refractivity contribution in [1.82, 2.24) is 4.98 Å². The first-order chi connectivity index (χ1) is 6.75. The largest absolute Gasteiger partial charge is 0.391 e. The van der Waals surface area contributed by atoms with Gasteiger partial charge >= 0.3 is 0 Å². The lowest BCUT2D eigenvalue weighted by atomic mass is 9.93. The van der Waals surface area contributed by atoms with Crippen LogP contribution in [0.25, 0.3) is 0 Å². The molecular weight excluding hydrogens is 264 g/mol. The zero-order chi connectivity index (χ0) is 9.97. The summed E-state index contributed by atoms with van der Waals surface area (Å²) in [6.45, 7) is 0. The Morgan fingerprint density at radius 1 is 1.50 bits per heavy atom. The number of aliphatic hydroxyl groups is 1. The van der Waals surface area contributed by atoms with Gasteiger partial charge in [0, 0.05) is 5.38 Å².